The molecule has 0 radical (unpaired) electrons. The highest BCUT2D eigenvalue weighted by Gasteiger charge is 2.32. The molecule has 0 atom stereocenters. The zero-order valence-corrected chi connectivity index (χ0v) is 8.67. The molecule has 14 heavy (non-hydrogen) atoms. The third kappa shape index (κ3) is 2.56. The quantitative estimate of drug-likeness (QED) is 0.453. The highest BCUT2D eigenvalue weighted by molar-refractivity contribution is 14.1. The van der Waals surface area contributed by atoms with Gasteiger partial charge in [-0.15, -0.1) is 0 Å². The number of rotatable bonds is 1. The van der Waals surface area contributed by atoms with Gasteiger partial charge in [0.1, 0.15) is 0 Å². The van der Waals surface area contributed by atoms with Crippen LogP contribution >= 0.6 is 22.6 Å². The van der Waals surface area contributed by atoms with Gasteiger partial charge in [-0.3, -0.25) is 10.1 Å². The van der Waals surface area contributed by atoms with E-state index in [-0.39, 0.29) is 3.57 Å². The van der Waals surface area contributed by atoms with Crippen LogP contribution in [0.3, 0.4) is 0 Å². The number of nitro benzene ring substituents is 1. The molecule has 0 spiro atoms. The molecule has 0 unspecified atom stereocenters. The minimum atomic E-state index is -4.55. The molecule has 0 aliphatic carbocycles. The summed E-state index contributed by atoms with van der Waals surface area (Å²) in [5.74, 6) is 0. The van der Waals surface area contributed by atoms with E-state index in [0.717, 1.165) is 12.1 Å². The summed E-state index contributed by atoms with van der Waals surface area (Å²) in [4.78, 5) is 9.42. The number of alkyl halides is 3. The van der Waals surface area contributed by atoms with Crippen LogP contribution in [0.5, 0.6) is 0 Å². The molecule has 76 valence electrons. The van der Waals surface area contributed by atoms with E-state index < -0.39 is 22.4 Å². The third-order valence-corrected chi connectivity index (χ3v) is 2.04. The van der Waals surface area contributed by atoms with E-state index >= 15 is 0 Å². The highest BCUT2D eigenvalue weighted by atomic mass is 127. The van der Waals surface area contributed by atoms with Gasteiger partial charge in [0.25, 0.3) is 5.69 Å². The summed E-state index contributed by atoms with van der Waals surface area (Å²) in [7, 11) is 0. The number of nitrogens with zero attached hydrogens (tertiary/aromatic N) is 1. The zero-order valence-electron chi connectivity index (χ0n) is 6.51. The predicted molar refractivity (Wildman–Crippen MR) is 50.8 cm³/mol. The van der Waals surface area contributed by atoms with Crippen molar-refractivity contribution in [2.75, 3.05) is 0 Å². The Morgan fingerprint density at radius 2 is 1.86 bits per heavy atom. The van der Waals surface area contributed by atoms with E-state index in [2.05, 4.69) is 0 Å². The molecule has 0 fully saturated rings. The van der Waals surface area contributed by atoms with Crippen molar-refractivity contribution in [1.82, 2.24) is 0 Å². The lowest BCUT2D eigenvalue weighted by Gasteiger charge is -2.06. The van der Waals surface area contributed by atoms with Gasteiger partial charge in [0.15, 0.2) is 0 Å². The molecule has 0 saturated carbocycles. The first-order valence-electron chi connectivity index (χ1n) is 3.33. The van der Waals surface area contributed by atoms with E-state index in [9.17, 15) is 23.3 Å². The molecule has 0 saturated heterocycles. The summed E-state index contributed by atoms with van der Waals surface area (Å²) in [6.07, 6.45) is -4.55. The fourth-order valence-electron chi connectivity index (χ4n) is 0.843. The van der Waals surface area contributed by atoms with Gasteiger partial charge < -0.3 is 0 Å². The Morgan fingerprint density at radius 1 is 1.29 bits per heavy atom. The van der Waals surface area contributed by atoms with Crippen LogP contribution in [-0.4, -0.2) is 4.92 Å². The van der Waals surface area contributed by atoms with E-state index in [1.165, 1.54) is 0 Å². The van der Waals surface area contributed by atoms with Crippen molar-refractivity contribution < 1.29 is 18.1 Å². The first-order valence-corrected chi connectivity index (χ1v) is 4.41. The van der Waals surface area contributed by atoms with Gasteiger partial charge in [-0.1, -0.05) is 0 Å². The maximum atomic E-state index is 12.2. The molecule has 0 aliphatic heterocycles. The average molecular weight is 317 g/mol. The van der Waals surface area contributed by atoms with Crippen molar-refractivity contribution in [3.05, 3.63) is 37.4 Å². The zero-order chi connectivity index (χ0) is 10.9. The Balaban J connectivity index is 3.28. The topological polar surface area (TPSA) is 43.1 Å². The van der Waals surface area contributed by atoms with Gasteiger partial charge in [-0.25, -0.2) is 0 Å². The average Bonchev–Trinajstić information content (AvgIpc) is 2.01. The van der Waals surface area contributed by atoms with Crippen LogP contribution in [0, 0.1) is 13.7 Å². The smallest absolute Gasteiger partial charge is 0.258 e. The molecule has 0 heterocycles. The molecular formula is C7H3F3INO2. The Morgan fingerprint density at radius 3 is 2.29 bits per heavy atom. The largest absolute Gasteiger partial charge is 0.416 e. The van der Waals surface area contributed by atoms with Crippen LogP contribution in [0.4, 0.5) is 18.9 Å². The van der Waals surface area contributed by atoms with Crippen LogP contribution in [0.25, 0.3) is 0 Å². The van der Waals surface area contributed by atoms with Crippen LogP contribution in [-0.2, 0) is 6.18 Å². The molecule has 0 N–H and O–H groups in total. The van der Waals surface area contributed by atoms with Crippen molar-refractivity contribution in [2.24, 2.45) is 0 Å². The van der Waals surface area contributed by atoms with Crippen LogP contribution < -0.4 is 0 Å². The predicted octanol–water partition coefficient (Wildman–Crippen LogP) is 3.22. The molecule has 1 rings (SSSR count). The Hall–Kier alpha value is -0.860. The third-order valence-electron chi connectivity index (χ3n) is 1.42. The van der Waals surface area contributed by atoms with Gasteiger partial charge in [0.05, 0.1) is 10.5 Å². The van der Waals surface area contributed by atoms with E-state index in [0.29, 0.717) is 6.07 Å². The van der Waals surface area contributed by atoms with Crippen molar-refractivity contribution in [3.8, 4) is 0 Å². The fraction of sp³-hybridized carbons (Fsp3) is 0.143. The first-order chi connectivity index (χ1) is 6.30. The first kappa shape index (κ1) is 11.2. The summed E-state index contributed by atoms with van der Waals surface area (Å²) in [6, 6.07) is 2.45. The number of hydrogen-bond donors (Lipinski definition) is 0. The van der Waals surface area contributed by atoms with E-state index in [4.69, 9.17) is 0 Å². The number of non-ortho nitro benzene ring substituents is 1. The van der Waals surface area contributed by atoms with Crippen LogP contribution in [0.15, 0.2) is 18.2 Å². The number of hydrogen-bond acceptors (Lipinski definition) is 2. The molecule has 0 amide bonds. The van der Waals surface area contributed by atoms with Crippen molar-refractivity contribution in [2.45, 2.75) is 6.18 Å². The highest BCUT2D eigenvalue weighted by Crippen LogP contribution is 2.32. The number of benzene rings is 1. The minimum Gasteiger partial charge on any atom is -0.258 e. The van der Waals surface area contributed by atoms with Gasteiger partial charge in [-0.05, 0) is 28.7 Å². The molecule has 0 bridgehead atoms. The fourth-order valence-corrected chi connectivity index (χ4v) is 1.50. The lowest BCUT2D eigenvalue weighted by atomic mass is 10.2. The molecular weight excluding hydrogens is 314 g/mol. The summed E-state index contributed by atoms with van der Waals surface area (Å²) in [5, 5.41) is 10.3. The van der Waals surface area contributed by atoms with Crippen molar-refractivity contribution in [3.63, 3.8) is 0 Å². The maximum absolute atomic E-state index is 12.2. The van der Waals surface area contributed by atoms with Gasteiger partial charge >= 0.3 is 6.18 Å². The Labute approximate surface area is 90.2 Å². The monoisotopic (exact) mass is 317 g/mol. The van der Waals surface area contributed by atoms with Crippen molar-refractivity contribution >= 4 is 28.3 Å². The van der Waals surface area contributed by atoms with E-state index in [1.54, 1.807) is 22.6 Å². The Kier molecular flexibility index (Phi) is 2.98. The molecule has 0 aromatic heterocycles. The SMILES string of the molecule is O=[N+]([O-])c1cc(I)cc(C(F)(F)F)c1. The second-order valence-electron chi connectivity index (χ2n) is 2.45. The van der Waals surface area contributed by atoms with Gasteiger partial charge in [0.2, 0.25) is 0 Å². The lowest BCUT2D eigenvalue weighted by Crippen LogP contribution is -2.06. The van der Waals surface area contributed by atoms with Crippen LogP contribution in [0.1, 0.15) is 5.56 Å². The molecule has 7 heteroatoms. The minimum absolute atomic E-state index is 0.184. The second kappa shape index (κ2) is 3.71. The van der Waals surface area contributed by atoms with E-state index in [1.807, 2.05) is 0 Å². The lowest BCUT2D eigenvalue weighted by molar-refractivity contribution is -0.385. The van der Waals surface area contributed by atoms with Crippen molar-refractivity contribution in [1.29, 1.82) is 0 Å². The number of nitro groups is 1. The summed E-state index contributed by atoms with van der Waals surface area (Å²) < 4.78 is 36.7. The molecule has 3 nitrogen and oxygen atoms in total. The molecule has 1 aromatic carbocycles. The maximum Gasteiger partial charge on any atom is 0.416 e. The second-order valence-corrected chi connectivity index (χ2v) is 3.70. The number of halogens is 4. The summed E-state index contributed by atoms with van der Waals surface area (Å²) >= 11 is 1.60. The molecule has 1 aromatic rings. The molecule has 0 aliphatic rings. The van der Waals surface area contributed by atoms with Crippen LogP contribution in [0.2, 0.25) is 0 Å². The van der Waals surface area contributed by atoms with Gasteiger partial charge in [0, 0.05) is 15.7 Å². The standard InChI is InChI=1S/C7H3F3INO2/c8-7(9,10)4-1-5(11)3-6(2-4)12(13)14/h1-3H. The Bertz CT molecular complexity index is 378. The summed E-state index contributed by atoms with van der Waals surface area (Å²) in [5.41, 5.74) is -1.56. The summed E-state index contributed by atoms with van der Waals surface area (Å²) in [6.45, 7) is 0. The van der Waals surface area contributed by atoms with Gasteiger partial charge in [-0.2, -0.15) is 13.2 Å². The normalized spacial score (nSPS) is 11.4.